The van der Waals surface area contributed by atoms with E-state index in [-0.39, 0.29) is 5.91 Å². The Kier molecular flexibility index (Phi) is 4.54. The van der Waals surface area contributed by atoms with E-state index in [9.17, 15) is 4.79 Å². The molecule has 0 saturated carbocycles. The van der Waals surface area contributed by atoms with Gasteiger partial charge in [0.25, 0.3) is 0 Å². The second-order valence-corrected chi connectivity index (χ2v) is 2.41. The first kappa shape index (κ1) is 9.14. The molecule has 0 radical (unpaired) electrons. The van der Waals surface area contributed by atoms with Crippen LogP contribution in [0.5, 0.6) is 0 Å². The van der Waals surface area contributed by atoms with Crippen LogP contribution in [0.3, 0.4) is 0 Å². The molecule has 0 spiro atoms. The standard InChI is InChI=1S/C7H14N2O/c1-4-7(10)9-8-5-6(2)3/h5-6H,4H2,1-3H3,(H,9,10)/b8-5+. The number of carbonyl (C=O) groups excluding carboxylic acids is 1. The summed E-state index contributed by atoms with van der Waals surface area (Å²) in [5, 5.41) is 3.72. The van der Waals surface area contributed by atoms with Crippen molar-refractivity contribution in [3.8, 4) is 0 Å². The number of carbonyl (C=O) groups is 1. The van der Waals surface area contributed by atoms with Gasteiger partial charge in [0.1, 0.15) is 0 Å². The van der Waals surface area contributed by atoms with Crippen molar-refractivity contribution in [2.45, 2.75) is 27.2 Å². The minimum absolute atomic E-state index is 0.0445. The van der Waals surface area contributed by atoms with E-state index in [1.165, 1.54) is 0 Å². The normalized spacial score (nSPS) is 10.8. The third-order valence-corrected chi connectivity index (χ3v) is 0.883. The second kappa shape index (κ2) is 4.97. The summed E-state index contributed by atoms with van der Waals surface area (Å²) in [6.45, 7) is 5.80. The lowest BCUT2D eigenvalue weighted by Gasteiger charge is -1.95. The summed E-state index contributed by atoms with van der Waals surface area (Å²) in [7, 11) is 0. The summed E-state index contributed by atoms with van der Waals surface area (Å²) < 4.78 is 0. The van der Waals surface area contributed by atoms with Gasteiger partial charge in [-0.15, -0.1) is 0 Å². The summed E-state index contributed by atoms with van der Waals surface area (Å²) in [5.74, 6) is 0.342. The Labute approximate surface area is 61.5 Å². The molecule has 0 aliphatic heterocycles. The van der Waals surface area contributed by atoms with Gasteiger partial charge in [-0.3, -0.25) is 4.79 Å². The molecule has 0 rings (SSSR count). The summed E-state index contributed by atoms with van der Waals surface area (Å²) >= 11 is 0. The molecule has 3 nitrogen and oxygen atoms in total. The van der Waals surface area contributed by atoms with Gasteiger partial charge in [0.05, 0.1) is 0 Å². The Hall–Kier alpha value is -0.860. The van der Waals surface area contributed by atoms with E-state index in [4.69, 9.17) is 0 Å². The van der Waals surface area contributed by atoms with E-state index >= 15 is 0 Å². The van der Waals surface area contributed by atoms with Gasteiger partial charge in [-0.1, -0.05) is 20.8 Å². The van der Waals surface area contributed by atoms with Crippen molar-refractivity contribution in [1.82, 2.24) is 5.43 Å². The Bertz CT molecular complexity index is 130. The molecule has 1 amide bonds. The first-order valence-corrected chi connectivity index (χ1v) is 3.48. The molecular formula is C7H14N2O. The average Bonchev–Trinajstić information content (AvgIpc) is 1.87. The molecule has 0 bridgehead atoms. The number of nitrogens with one attached hydrogen (secondary N) is 1. The minimum atomic E-state index is -0.0445. The van der Waals surface area contributed by atoms with Crippen LogP contribution in [-0.2, 0) is 4.79 Å². The maximum absolute atomic E-state index is 10.6. The van der Waals surface area contributed by atoms with Crippen LogP contribution in [0.25, 0.3) is 0 Å². The molecule has 3 heteroatoms. The highest BCUT2D eigenvalue weighted by Crippen LogP contribution is 1.83. The zero-order valence-electron chi connectivity index (χ0n) is 6.72. The number of hydrazone groups is 1. The molecule has 0 fully saturated rings. The largest absolute Gasteiger partial charge is 0.273 e. The SMILES string of the molecule is CCC(=O)N/N=C/C(C)C. The number of amides is 1. The van der Waals surface area contributed by atoms with Crippen LogP contribution in [0.15, 0.2) is 5.10 Å². The maximum Gasteiger partial charge on any atom is 0.239 e. The molecule has 0 heterocycles. The Balaban J connectivity index is 3.43. The van der Waals surface area contributed by atoms with Crippen molar-refractivity contribution < 1.29 is 4.79 Å². The Morgan fingerprint density at radius 3 is 2.70 bits per heavy atom. The molecule has 0 aromatic carbocycles. The number of nitrogens with zero attached hydrogens (tertiary/aromatic N) is 1. The zero-order chi connectivity index (χ0) is 7.98. The fourth-order valence-electron chi connectivity index (χ4n) is 0.337. The van der Waals surface area contributed by atoms with Crippen LogP contribution in [0.1, 0.15) is 27.2 Å². The third kappa shape index (κ3) is 5.28. The van der Waals surface area contributed by atoms with Crippen LogP contribution < -0.4 is 5.43 Å². The summed E-state index contributed by atoms with van der Waals surface area (Å²) in [4.78, 5) is 10.6. The molecule has 0 atom stereocenters. The predicted molar refractivity (Wildman–Crippen MR) is 41.8 cm³/mol. The number of hydrogen-bond donors (Lipinski definition) is 1. The summed E-state index contributed by atoms with van der Waals surface area (Å²) in [5.41, 5.74) is 2.39. The van der Waals surface area contributed by atoms with E-state index in [2.05, 4.69) is 10.5 Å². The van der Waals surface area contributed by atoms with Crippen molar-refractivity contribution in [3.63, 3.8) is 0 Å². The molecule has 0 aliphatic rings. The molecule has 1 N–H and O–H groups in total. The fourth-order valence-corrected chi connectivity index (χ4v) is 0.337. The van der Waals surface area contributed by atoms with E-state index < -0.39 is 0 Å². The van der Waals surface area contributed by atoms with E-state index in [1.54, 1.807) is 13.1 Å². The van der Waals surface area contributed by atoms with Crippen molar-refractivity contribution in [1.29, 1.82) is 0 Å². The molecule has 10 heavy (non-hydrogen) atoms. The Morgan fingerprint density at radius 1 is 1.70 bits per heavy atom. The van der Waals surface area contributed by atoms with Gasteiger partial charge in [-0.05, 0) is 5.92 Å². The van der Waals surface area contributed by atoms with Crippen molar-refractivity contribution >= 4 is 12.1 Å². The highest BCUT2D eigenvalue weighted by molar-refractivity contribution is 5.76. The molecule has 0 aliphatic carbocycles. The predicted octanol–water partition coefficient (Wildman–Crippen LogP) is 1.15. The van der Waals surface area contributed by atoms with Gasteiger partial charge in [0, 0.05) is 12.6 Å². The van der Waals surface area contributed by atoms with E-state index in [0.29, 0.717) is 12.3 Å². The zero-order valence-corrected chi connectivity index (χ0v) is 6.72. The molecular weight excluding hydrogens is 128 g/mol. The van der Waals surface area contributed by atoms with Crippen LogP contribution in [0.4, 0.5) is 0 Å². The van der Waals surface area contributed by atoms with Gasteiger partial charge >= 0.3 is 0 Å². The topological polar surface area (TPSA) is 41.5 Å². The van der Waals surface area contributed by atoms with Gasteiger partial charge in [-0.2, -0.15) is 5.10 Å². The van der Waals surface area contributed by atoms with Crippen LogP contribution in [-0.4, -0.2) is 12.1 Å². The lowest BCUT2D eigenvalue weighted by atomic mass is 10.3. The highest BCUT2D eigenvalue weighted by atomic mass is 16.2. The van der Waals surface area contributed by atoms with Gasteiger partial charge < -0.3 is 0 Å². The molecule has 0 unspecified atom stereocenters. The molecule has 58 valence electrons. The van der Waals surface area contributed by atoms with Crippen molar-refractivity contribution in [3.05, 3.63) is 0 Å². The van der Waals surface area contributed by atoms with Gasteiger partial charge in [0.15, 0.2) is 0 Å². The van der Waals surface area contributed by atoms with Gasteiger partial charge in [0.2, 0.25) is 5.91 Å². The third-order valence-electron chi connectivity index (χ3n) is 0.883. The van der Waals surface area contributed by atoms with Crippen LogP contribution in [0, 0.1) is 5.92 Å². The van der Waals surface area contributed by atoms with E-state index in [1.807, 2.05) is 13.8 Å². The Morgan fingerprint density at radius 2 is 2.30 bits per heavy atom. The summed E-state index contributed by atoms with van der Waals surface area (Å²) in [6.07, 6.45) is 2.18. The van der Waals surface area contributed by atoms with Gasteiger partial charge in [-0.25, -0.2) is 5.43 Å². The molecule has 0 aromatic heterocycles. The molecule has 0 saturated heterocycles. The lowest BCUT2D eigenvalue weighted by molar-refractivity contribution is -0.120. The number of rotatable bonds is 3. The first-order chi connectivity index (χ1) is 4.66. The first-order valence-electron chi connectivity index (χ1n) is 3.48. The van der Waals surface area contributed by atoms with E-state index in [0.717, 1.165) is 0 Å². The second-order valence-electron chi connectivity index (χ2n) is 2.41. The monoisotopic (exact) mass is 142 g/mol. The van der Waals surface area contributed by atoms with Crippen LogP contribution in [0.2, 0.25) is 0 Å². The maximum atomic E-state index is 10.6. The van der Waals surface area contributed by atoms with Crippen LogP contribution >= 0.6 is 0 Å². The minimum Gasteiger partial charge on any atom is -0.273 e. The fraction of sp³-hybridized carbons (Fsp3) is 0.714. The van der Waals surface area contributed by atoms with Crippen molar-refractivity contribution in [2.24, 2.45) is 11.0 Å². The quantitative estimate of drug-likeness (QED) is 0.466. The summed E-state index contributed by atoms with van der Waals surface area (Å²) in [6, 6.07) is 0. The highest BCUT2D eigenvalue weighted by Gasteiger charge is 1.90. The lowest BCUT2D eigenvalue weighted by Crippen LogP contribution is -2.15. The average molecular weight is 142 g/mol. The molecule has 0 aromatic rings. The number of hydrogen-bond acceptors (Lipinski definition) is 2. The smallest absolute Gasteiger partial charge is 0.239 e. The van der Waals surface area contributed by atoms with Crippen molar-refractivity contribution in [2.75, 3.05) is 0 Å².